The van der Waals surface area contributed by atoms with Crippen molar-refractivity contribution in [3.8, 4) is 5.75 Å². The summed E-state index contributed by atoms with van der Waals surface area (Å²) in [5.74, 6) is -0.491. The van der Waals surface area contributed by atoms with Crippen molar-refractivity contribution in [2.75, 3.05) is 37.6 Å². The van der Waals surface area contributed by atoms with Gasteiger partial charge in [0.05, 0.1) is 17.4 Å². The first kappa shape index (κ1) is 28.7. The molecule has 3 rings (SSSR count). The van der Waals surface area contributed by atoms with Gasteiger partial charge in [-0.2, -0.15) is 0 Å². The minimum atomic E-state index is -1.12. The standard InChI is InChI=1S/C27H37N5O6/c1-18(2)37-21-9-7-8-20(14-21)16-32(17-23(33)34)24(35)22-15-28-25(29-19(22)3)30-10-12-31(13-11-30)26(36)38-27(4,5)6/h7-9,14-15,18H,10-13,16-17H2,1-6H3,(H,33,34). The van der Waals surface area contributed by atoms with Crippen molar-refractivity contribution in [3.63, 3.8) is 0 Å². The number of ether oxygens (including phenoxy) is 2. The van der Waals surface area contributed by atoms with Crippen molar-refractivity contribution in [2.45, 2.75) is 59.8 Å². The average molecular weight is 528 g/mol. The van der Waals surface area contributed by atoms with E-state index in [1.807, 2.05) is 57.7 Å². The van der Waals surface area contributed by atoms with E-state index in [2.05, 4.69) is 9.97 Å². The fourth-order valence-corrected chi connectivity index (χ4v) is 3.98. The van der Waals surface area contributed by atoms with E-state index in [9.17, 15) is 19.5 Å². The van der Waals surface area contributed by atoms with Gasteiger partial charge in [-0.25, -0.2) is 14.8 Å². The lowest BCUT2D eigenvalue weighted by molar-refractivity contribution is -0.137. The first-order valence-corrected chi connectivity index (χ1v) is 12.7. The van der Waals surface area contributed by atoms with Gasteiger partial charge in [-0.3, -0.25) is 9.59 Å². The van der Waals surface area contributed by atoms with Gasteiger partial charge in [-0.05, 0) is 59.2 Å². The Bertz CT molecular complexity index is 1150. The number of aryl methyl sites for hydroxylation is 1. The highest BCUT2D eigenvalue weighted by atomic mass is 16.6. The van der Waals surface area contributed by atoms with Crippen LogP contribution in [-0.2, 0) is 16.1 Å². The van der Waals surface area contributed by atoms with Crippen molar-refractivity contribution in [1.82, 2.24) is 19.8 Å². The summed E-state index contributed by atoms with van der Waals surface area (Å²) in [5, 5.41) is 9.44. The zero-order chi connectivity index (χ0) is 28.0. The molecule has 0 aliphatic carbocycles. The Labute approximate surface area is 223 Å². The number of anilines is 1. The molecule has 0 unspecified atom stereocenters. The Hall–Kier alpha value is -3.89. The molecule has 2 amide bonds. The molecule has 1 aliphatic heterocycles. The van der Waals surface area contributed by atoms with E-state index in [0.717, 1.165) is 5.56 Å². The largest absolute Gasteiger partial charge is 0.491 e. The van der Waals surface area contributed by atoms with Crippen molar-refractivity contribution in [3.05, 3.63) is 47.3 Å². The fraction of sp³-hybridized carbons (Fsp3) is 0.519. The summed E-state index contributed by atoms with van der Waals surface area (Å²) in [6.45, 7) is 12.6. The summed E-state index contributed by atoms with van der Waals surface area (Å²) >= 11 is 0. The maximum atomic E-state index is 13.4. The number of carbonyl (C=O) groups is 3. The van der Waals surface area contributed by atoms with Crippen LogP contribution in [0.15, 0.2) is 30.5 Å². The zero-order valence-corrected chi connectivity index (χ0v) is 22.9. The van der Waals surface area contributed by atoms with Crippen LogP contribution in [0.25, 0.3) is 0 Å². The number of rotatable bonds is 8. The quantitative estimate of drug-likeness (QED) is 0.550. The monoisotopic (exact) mass is 527 g/mol. The summed E-state index contributed by atoms with van der Waals surface area (Å²) in [7, 11) is 0. The molecule has 0 spiro atoms. The second-order valence-electron chi connectivity index (χ2n) is 10.5. The minimum Gasteiger partial charge on any atom is -0.491 e. The third kappa shape index (κ3) is 8.06. The summed E-state index contributed by atoms with van der Waals surface area (Å²) in [4.78, 5) is 51.0. The highest BCUT2D eigenvalue weighted by Gasteiger charge is 2.28. The van der Waals surface area contributed by atoms with Crippen LogP contribution in [-0.4, -0.2) is 87.3 Å². The molecule has 11 heteroatoms. The van der Waals surface area contributed by atoms with Gasteiger partial charge >= 0.3 is 12.1 Å². The predicted octanol–water partition coefficient (Wildman–Crippen LogP) is 3.36. The lowest BCUT2D eigenvalue weighted by atomic mass is 10.1. The number of aliphatic carboxylic acids is 1. The van der Waals surface area contributed by atoms with Gasteiger partial charge in [-0.15, -0.1) is 0 Å². The summed E-state index contributed by atoms with van der Waals surface area (Å²) in [5.41, 5.74) is 0.866. The SMILES string of the molecule is Cc1nc(N2CCN(C(=O)OC(C)(C)C)CC2)ncc1C(=O)N(CC(=O)O)Cc1cccc(OC(C)C)c1. The Morgan fingerprint density at radius 3 is 2.39 bits per heavy atom. The van der Waals surface area contributed by atoms with Crippen molar-refractivity contribution in [2.24, 2.45) is 0 Å². The van der Waals surface area contributed by atoms with Crippen molar-refractivity contribution < 1.29 is 29.0 Å². The lowest BCUT2D eigenvalue weighted by Crippen LogP contribution is -2.50. The van der Waals surface area contributed by atoms with Gasteiger partial charge in [0.2, 0.25) is 5.95 Å². The van der Waals surface area contributed by atoms with Crippen molar-refractivity contribution >= 4 is 23.9 Å². The van der Waals surface area contributed by atoms with E-state index in [-0.39, 0.29) is 24.3 Å². The average Bonchev–Trinajstić information content (AvgIpc) is 2.82. The fourth-order valence-electron chi connectivity index (χ4n) is 3.98. The van der Waals surface area contributed by atoms with E-state index in [0.29, 0.717) is 43.6 Å². The van der Waals surface area contributed by atoms with E-state index in [1.54, 1.807) is 17.9 Å². The maximum Gasteiger partial charge on any atom is 0.410 e. The molecule has 2 aromatic rings. The molecule has 0 bridgehead atoms. The molecule has 206 valence electrons. The summed E-state index contributed by atoms with van der Waals surface area (Å²) in [6.07, 6.45) is 1.07. The number of aromatic nitrogens is 2. The maximum absolute atomic E-state index is 13.4. The van der Waals surface area contributed by atoms with Crippen molar-refractivity contribution in [1.29, 1.82) is 0 Å². The molecule has 1 N–H and O–H groups in total. The Morgan fingerprint density at radius 1 is 1.13 bits per heavy atom. The lowest BCUT2D eigenvalue weighted by Gasteiger charge is -2.35. The molecular weight excluding hydrogens is 490 g/mol. The normalized spacial score (nSPS) is 13.9. The number of carbonyl (C=O) groups excluding carboxylic acids is 2. The van der Waals surface area contributed by atoms with Crippen LogP contribution in [0.5, 0.6) is 5.75 Å². The first-order chi connectivity index (χ1) is 17.8. The molecule has 0 saturated carbocycles. The molecule has 2 heterocycles. The highest BCUT2D eigenvalue weighted by molar-refractivity contribution is 5.96. The zero-order valence-electron chi connectivity index (χ0n) is 22.9. The van der Waals surface area contributed by atoms with Gasteiger partial charge in [0.25, 0.3) is 5.91 Å². The van der Waals surface area contributed by atoms with Crippen LogP contribution in [0.3, 0.4) is 0 Å². The number of piperazine rings is 1. The number of benzene rings is 1. The van der Waals surface area contributed by atoms with Gasteiger partial charge in [0.1, 0.15) is 17.9 Å². The van der Waals surface area contributed by atoms with Gasteiger partial charge in [0, 0.05) is 38.9 Å². The molecule has 11 nitrogen and oxygen atoms in total. The number of carboxylic acids is 1. The van der Waals surface area contributed by atoms with E-state index < -0.39 is 24.0 Å². The molecule has 1 fully saturated rings. The van der Waals surface area contributed by atoms with Crippen LogP contribution in [0.1, 0.15) is 56.2 Å². The number of carboxylic acid groups (broad SMARTS) is 1. The van der Waals surface area contributed by atoms with Gasteiger partial charge in [0.15, 0.2) is 0 Å². The Kier molecular flexibility index (Phi) is 9.13. The number of amides is 2. The summed E-state index contributed by atoms with van der Waals surface area (Å²) < 4.78 is 11.2. The number of hydrogen-bond donors (Lipinski definition) is 1. The topological polar surface area (TPSA) is 125 Å². The molecular formula is C27H37N5O6. The van der Waals surface area contributed by atoms with Gasteiger partial charge in [-0.1, -0.05) is 12.1 Å². The molecule has 1 aliphatic rings. The second kappa shape index (κ2) is 12.1. The summed E-state index contributed by atoms with van der Waals surface area (Å²) in [6, 6.07) is 7.24. The van der Waals surface area contributed by atoms with Crippen LogP contribution >= 0.6 is 0 Å². The molecule has 38 heavy (non-hydrogen) atoms. The van der Waals surface area contributed by atoms with Crippen LogP contribution < -0.4 is 9.64 Å². The van der Waals surface area contributed by atoms with Crippen LogP contribution in [0.2, 0.25) is 0 Å². The molecule has 1 aromatic carbocycles. The van der Waals surface area contributed by atoms with E-state index >= 15 is 0 Å². The second-order valence-corrected chi connectivity index (χ2v) is 10.5. The number of hydrogen-bond acceptors (Lipinski definition) is 8. The molecule has 0 atom stereocenters. The van der Waals surface area contributed by atoms with Crippen LogP contribution in [0, 0.1) is 6.92 Å². The molecule has 1 aromatic heterocycles. The molecule has 0 radical (unpaired) electrons. The van der Waals surface area contributed by atoms with Gasteiger partial charge < -0.3 is 29.3 Å². The minimum absolute atomic E-state index is 0.0133. The third-order valence-corrected chi connectivity index (χ3v) is 5.67. The Morgan fingerprint density at radius 2 is 1.82 bits per heavy atom. The first-order valence-electron chi connectivity index (χ1n) is 12.7. The van der Waals surface area contributed by atoms with E-state index in [1.165, 1.54) is 11.1 Å². The van der Waals surface area contributed by atoms with E-state index in [4.69, 9.17) is 9.47 Å². The predicted molar refractivity (Wildman–Crippen MR) is 141 cm³/mol. The molecule has 1 saturated heterocycles. The third-order valence-electron chi connectivity index (χ3n) is 5.67. The smallest absolute Gasteiger partial charge is 0.410 e. The Balaban J connectivity index is 1.71. The van der Waals surface area contributed by atoms with Crippen LogP contribution in [0.4, 0.5) is 10.7 Å². The highest BCUT2D eigenvalue weighted by Crippen LogP contribution is 2.20. The number of nitrogens with zero attached hydrogens (tertiary/aromatic N) is 5.